The van der Waals surface area contributed by atoms with Crippen molar-refractivity contribution >= 4 is 0 Å². The molecule has 0 fully saturated rings. The van der Waals surface area contributed by atoms with Gasteiger partial charge in [-0.25, -0.2) is 0 Å². The van der Waals surface area contributed by atoms with Crippen LogP contribution in [0.25, 0.3) is 0 Å². The van der Waals surface area contributed by atoms with Crippen LogP contribution in [-0.4, -0.2) is 20.3 Å². The number of hydrogen-bond acceptors (Lipinski definition) is 2. The van der Waals surface area contributed by atoms with Gasteiger partial charge < -0.3 is 10.6 Å². The van der Waals surface area contributed by atoms with E-state index in [-0.39, 0.29) is 0 Å². The number of allylic oxidation sites excluding steroid dienone is 1. The maximum Gasteiger partial charge on any atom is 0.0759 e. The highest BCUT2D eigenvalue weighted by atomic mass is 15.1. The predicted octanol–water partition coefficient (Wildman–Crippen LogP) is 0.717. The van der Waals surface area contributed by atoms with Gasteiger partial charge in [0, 0.05) is 0 Å². The molecular weight excluding hydrogens is 112 g/mol. The third-order valence-corrected chi connectivity index (χ3v) is 1.19. The maximum absolute atomic E-state index is 3.09. The Bertz CT molecular complexity index is 75.0. The first-order chi connectivity index (χ1) is 4.35. The van der Waals surface area contributed by atoms with E-state index in [1.165, 1.54) is 0 Å². The Morgan fingerprint density at radius 2 is 1.89 bits per heavy atom. The van der Waals surface area contributed by atoms with E-state index < -0.39 is 0 Å². The number of rotatable bonds is 4. The van der Waals surface area contributed by atoms with E-state index in [2.05, 4.69) is 29.7 Å². The topological polar surface area (TPSA) is 24.1 Å². The smallest absolute Gasteiger partial charge is 0.0759 e. The number of nitrogens with one attached hydrogen (secondary N) is 2. The van der Waals surface area contributed by atoms with Crippen LogP contribution < -0.4 is 10.6 Å². The first-order valence-corrected chi connectivity index (χ1v) is 3.36. The molecule has 2 N–H and O–H groups in total. The van der Waals surface area contributed by atoms with E-state index in [1.807, 2.05) is 14.1 Å². The van der Waals surface area contributed by atoms with Gasteiger partial charge in [-0.1, -0.05) is 19.1 Å². The molecule has 0 aliphatic rings. The summed E-state index contributed by atoms with van der Waals surface area (Å²) in [6.45, 7) is 2.12. The van der Waals surface area contributed by atoms with Crippen molar-refractivity contribution in [2.24, 2.45) is 0 Å². The summed E-state index contributed by atoms with van der Waals surface area (Å²) in [5.74, 6) is 0. The Kier molecular flexibility index (Phi) is 5.57. The van der Waals surface area contributed by atoms with Crippen molar-refractivity contribution in [1.82, 2.24) is 10.6 Å². The van der Waals surface area contributed by atoms with Crippen molar-refractivity contribution in [2.45, 2.75) is 19.5 Å². The van der Waals surface area contributed by atoms with Gasteiger partial charge in [-0.2, -0.15) is 0 Å². The molecule has 0 heterocycles. The van der Waals surface area contributed by atoms with Crippen molar-refractivity contribution in [3.63, 3.8) is 0 Å². The summed E-state index contributed by atoms with van der Waals surface area (Å²) in [7, 11) is 3.86. The van der Waals surface area contributed by atoms with Gasteiger partial charge in [0.1, 0.15) is 0 Å². The fraction of sp³-hybridized carbons (Fsp3) is 0.714. The zero-order valence-corrected chi connectivity index (χ0v) is 6.44. The van der Waals surface area contributed by atoms with E-state index in [0.29, 0.717) is 6.17 Å². The molecule has 2 heteroatoms. The Morgan fingerprint density at radius 1 is 1.33 bits per heavy atom. The van der Waals surface area contributed by atoms with Crippen LogP contribution in [-0.2, 0) is 0 Å². The summed E-state index contributed by atoms with van der Waals surface area (Å²) in [6, 6.07) is 0. The lowest BCUT2D eigenvalue weighted by atomic mass is 10.3. The molecule has 0 saturated carbocycles. The van der Waals surface area contributed by atoms with Gasteiger partial charge in [0.2, 0.25) is 0 Å². The Morgan fingerprint density at radius 3 is 2.22 bits per heavy atom. The van der Waals surface area contributed by atoms with Crippen molar-refractivity contribution in [2.75, 3.05) is 14.1 Å². The highest BCUT2D eigenvalue weighted by molar-refractivity contribution is 4.89. The third kappa shape index (κ3) is 4.18. The molecule has 0 radical (unpaired) electrons. The van der Waals surface area contributed by atoms with Gasteiger partial charge in [0.15, 0.2) is 0 Å². The Labute approximate surface area is 57.3 Å². The van der Waals surface area contributed by atoms with E-state index in [1.54, 1.807) is 0 Å². The van der Waals surface area contributed by atoms with Gasteiger partial charge in [-0.3, -0.25) is 0 Å². The summed E-state index contributed by atoms with van der Waals surface area (Å²) >= 11 is 0. The first kappa shape index (κ1) is 8.66. The van der Waals surface area contributed by atoms with E-state index in [0.717, 1.165) is 6.42 Å². The highest BCUT2D eigenvalue weighted by Gasteiger charge is 1.91. The minimum atomic E-state index is 0.324. The average molecular weight is 128 g/mol. The van der Waals surface area contributed by atoms with Crippen molar-refractivity contribution in [3.8, 4) is 0 Å². The molecule has 0 aromatic rings. The van der Waals surface area contributed by atoms with Crippen LogP contribution in [0.3, 0.4) is 0 Å². The van der Waals surface area contributed by atoms with Crippen LogP contribution in [0.4, 0.5) is 0 Å². The molecule has 0 aromatic carbocycles. The first-order valence-electron chi connectivity index (χ1n) is 3.36. The molecule has 0 unspecified atom stereocenters. The van der Waals surface area contributed by atoms with Crippen molar-refractivity contribution < 1.29 is 0 Å². The minimum absolute atomic E-state index is 0.324. The molecule has 0 amide bonds. The normalized spacial score (nSPS) is 11.6. The quantitative estimate of drug-likeness (QED) is 0.430. The van der Waals surface area contributed by atoms with Crippen LogP contribution in [0.2, 0.25) is 0 Å². The fourth-order valence-electron chi connectivity index (χ4n) is 0.609. The summed E-state index contributed by atoms with van der Waals surface area (Å²) in [6.07, 6.45) is 5.67. The summed E-state index contributed by atoms with van der Waals surface area (Å²) in [4.78, 5) is 0. The molecule has 0 aliphatic heterocycles. The van der Waals surface area contributed by atoms with Crippen molar-refractivity contribution in [1.29, 1.82) is 0 Å². The monoisotopic (exact) mass is 128 g/mol. The molecule has 0 aliphatic carbocycles. The lowest BCUT2D eigenvalue weighted by Crippen LogP contribution is -2.35. The molecule has 2 nitrogen and oxygen atoms in total. The van der Waals surface area contributed by atoms with Crippen LogP contribution in [0.5, 0.6) is 0 Å². The molecule has 0 atom stereocenters. The van der Waals surface area contributed by atoms with E-state index in [9.17, 15) is 0 Å². The van der Waals surface area contributed by atoms with Crippen LogP contribution >= 0.6 is 0 Å². The molecule has 0 spiro atoms. The maximum atomic E-state index is 3.09. The van der Waals surface area contributed by atoms with E-state index in [4.69, 9.17) is 0 Å². The molecule has 54 valence electrons. The molecule has 0 aromatic heterocycles. The Hall–Kier alpha value is -0.340. The van der Waals surface area contributed by atoms with Crippen LogP contribution in [0.15, 0.2) is 12.2 Å². The Balaban J connectivity index is 3.41. The second-order valence-electron chi connectivity index (χ2n) is 1.89. The van der Waals surface area contributed by atoms with Crippen LogP contribution in [0.1, 0.15) is 13.3 Å². The standard InChI is InChI=1S/C7H16N2/c1-4-5-6-7(8-2)9-3/h5-9H,4H2,1-3H3/b6-5+. The van der Waals surface area contributed by atoms with Gasteiger partial charge >= 0.3 is 0 Å². The molecule has 0 saturated heterocycles. The highest BCUT2D eigenvalue weighted by Crippen LogP contribution is 1.82. The van der Waals surface area contributed by atoms with Gasteiger partial charge in [0.05, 0.1) is 6.17 Å². The summed E-state index contributed by atoms with van der Waals surface area (Å²) in [5.41, 5.74) is 0. The largest absolute Gasteiger partial charge is 0.302 e. The third-order valence-electron chi connectivity index (χ3n) is 1.19. The number of likely N-dealkylation sites (N-methyl/N-ethyl adjacent to an activating group) is 2. The zero-order chi connectivity index (χ0) is 7.11. The van der Waals surface area contributed by atoms with Gasteiger partial charge in [-0.05, 0) is 20.5 Å². The second-order valence-corrected chi connectivity index (χ2v) is 1.89. The fourth-order valence-corrected chi connectivity index (χ4v) is 0.609. The molecular formula is C7H16N2. The second kappa shape index (κ2) is 5.79. The molecule has 0 rings (SSSR count). The predicted molar refractivity (Wildman–Crippen MR) is 41.3 cm³/mol. The zero-order valence-electron chi connectivity index (χ0n) is 6.44. The average Bonchev–Trinajstić information content (AvgIpc) is 1.91. The number of hydrogen-bond donors (Lipinski definition) is 2. The van der Waals surface area contributed by atoms with Gasteiger partial charge in [-0.15, -0.1) is 0 Å². The molecule has 0 bridgehead atoms. The molecule has 9 heavy (non-hydrogen) atoms. The van der Waals surface area contributed by atoms with Crippen LogP contribution in [0, 0.1) is 0 Å². The van der Waals surface area contributed by atoms with E-state index >= 15 is 0 Å². The summed E-state index contributed by atoms with van der Waals surface area (Å²) < 4.78 is 0. The van der Waals surface area contributed by atoms with Gasteiger partial charge in [0.25, 0.3) is 0 Å². The van der Waals surface area contributed by atoms with Crippen molar-refractivity contribution in [3.05, 3.63) is 12.2 Å². The lowest BCUT2D eigenvalue weighted by Gasteiger charge is -2.08. The lowest BCUT2D eigenvalue weighted by molar-refractivity contribution is 0.586. The minimum Gasteiger partial charge on any atom is -0.302 e. The SMILES string of the molecule is CC/C=C/C(NC)NC. The summed E-state index contributed by atoms with van der Waals surface area (Å²) in [5, 5.41) is 6.18.